The number of carbonyl (C=O) groups is 1. The Kier molecular flexibility index (Phi) is 4.98. The van der Waals surface area contributed by atoms with E-state index in [0.717, 1.165) is 35.6 Å². The Labute approximate surface area is 140 Å². The van der Waals surface area contributed by atoms with E-state index in [1.165, 1.54) is 5.56 Å². The van der Waals surface area contributed by atoms with Crippen molar-refractivity contribution in [1.29, 1.82) is 0 Å². The van der Waals surface area contributed by atoms with Gasteiger partial charge >= 0.3 is 0 Å². The summed E-state index contributed by atoms with van der Waals surface area (Å²) in [4.78, 5) is 15.7. The summed E-state index contributed by atoms with van der Waals surface area (Å²) in [5.41, 5.74) is 2.94. The van der Waals surface area contributed by atoms with Crippen LogP contribution in [0.25, 0.3) is 0 Å². The van der Waals surface area contributed by atoms with Gasteiger partial charge in [-0.3, -0.25) is 4.79 Å². The van der Waals surface area contributed by atoms with Crippen molar-refractivity contribution in [2.45, 2.75) is 26.3 Å². The lowest BCUT2D eigenvalue weighted by Crippen LogP contribution is -2.33. The number of amides is 1. The maximum Gasteiger partial charge on any atom is 0.254 e. The normalized spacial score (nSPS) is 13.3. The molecule has 0 unspecified atom stereocenters. The molecule has 0 radical (unpaired) electrons. The van der Waals surface area contributed by atoms with E-state index >= 15 is 0 Å². The number of thiophene rings is 1. The van der Waals surface area contributed by atoms with E-state index in [0.29, 0.717) is 18.7 Å². The number of benzene rings is 1. The van der Waals surface area contributed by atoms with Crippen molar-refractivity contribution in [3.05, 3.63) is 51.2 Å². The molecule has 1 aliphatic rings. The lowest BCUT2D eigenvalue weighted by Gasteiger charge is -2.23. The third kappa shape index (κ3) is 3.57. The van der Waals surface area contributed by atoms with Crippen LogP contribution in [0.4, 0.5) is 0 Å². The zero-order valence-electron chi connectivity index (χ0n) is 13.2. The number of aryl methyl sites for hydroxylation is 2. The van der Waals surface area contributed by atoms with E-state index in [2.05, 4.69) is 6.07 Å². The van der Waals surface area contributed by atoms with Gasteiger partial charge in [0.1, 0.15) is 5.75 Å². The van der Waals surface area contributed by atoms with Gasteiger partial charge in [-0.25, -0.2) is 0 Å². The number of aliphatic hydroxyl groups excluding tert-OH is 1. The van der Waals surface area contributed by atoms with Gasteiger partial charge in [-0.2, -0.15) is 0 Å². The Bertz CT molecular complexity index is 695. The van der Waals surface area contributed by atoms with E-state index in [4.69, 9.17) is 4.74 Å². The number of nitrogens with zero attached hydrogens (tertiary/aromatic N) is 1. The predicted molar refractivity (Wildman–Crippen MR) is 91.1 cm³/mol. The number of fused-ring (bicyclic) bond motifs is 1. The zero-order valence-corrected chi connectivity index (χ0v) is 14.1. The molecule has 1 aromatic carbocycles. The molecule has 0 bridgehead atoms. The Morgan fingerprint density at radius 2 is 2.26 bits per heavy atom. The first-order valence-corrected chi connectivity index (χ1v) is 8.76. The topological polar surface area (TPSA) is 49.8 Å². The molecule has 0 aliphatic carbocycles. The van der Waals surface area contributed by atoms with Gasteiger partial charge in [0.25, 0.3) is 5.91 Å². The number of aliphatic hydroxyl groups is 1. The Morgan fingerprint density at radius 3 is 3.00 bits per heavy atom. The van der Waals surface area contributed by atoms with Gasteiger partial charge in [0.15, 0.2) is 0 Å². The molecule has 5 heteroatoms. The SMILES string of the molecule is Cc1ccsc1CN(CCO)C(=O)c1ccc2c(c1)CCCO2. The monoisotopic (exact) mass is 331 g/mol. The lowest BCUT2D eigenvalue weighted by molar-refractivity contribution is 0.0709. The fraction of sp³-hybridized carbons (Fsp3) is 0.389. The molecule has 0 saturated carbocycles. The van der Waals surface area contributed by atoms with Crippen LogP contribution in [0.15, 0.2) is 29.6 Å². The van der Waals surface area contributed by atoms with Crippen LogP contribution < -0.4 is 4.74 Å². The van der Waals surface area contributed by atoms with Gasteiger partial charge in [0.2, 0.25) is 0 Å². The zero-order chi connectivity index (χ0) is 16.2. The molecule has 122 valence electrons. The van der Waals surface area contributed by atoms with Crippen LogP contribution in [-0.4, -0.2) is 35.7 Å². The first kappa shape index (κ1) is 16.0. The highest BCUT2D eigenvalue weighted by Crippen LogP contribution is 2.26. The van der Waals surface area contributed by atoms with Crippen LogP contribution in [0.2, 0.25) is 0 Å². The lowest BCUT2D eigenvalue weighted by atomic mass is 10.0. The number of ether oxygens (including phenoxy) is 1. The highest BCUT2D eigenvalue weighted by molar-refractivity contribution is 7.10. The average molecular weight is 331 g/mol. The van der Waals surface area contributed by atoms with Crippen molar-refractivity contribution in [3.8, 4) is 5.75 Å². The fourth-order valence-electron chi connectivity index (χ4n) is 2.79. The number of rotatable bonds is 5. The first-order chi connectivity index (χ1) is 11.2. The maximum absolute atomic E-state index is 12.8. The van der Waals surface area contributed by atoms with Gasteiger partial charge in [0, 0.05) is 17.0 Å². The summed E-state index contributed by atoms with van der Waals surface area (Å²) in [7, 11) is 0. The smallest absolute Gasteiger partial charge is 0.254 e. The molecule has 0 spiro atoms. The molecule has 0 saturated heterocycles. The van der Waals surface area contributed by atoms with Gasteiger partial charge in [-0.15, -0.1) is 11.3 Å². The van der Waals surface area contributed by atoms with Crippen molar-refractivity contribution < 1.29 is 14.6 Å². The summed E-state index contributed by atoms with van der Waals surface area (Å²) in [6, 6.07) is 7.69. The van der Waals surface area contributed by atoms with E-state index in [-0.39, 0.29) is 12.5 Å². The minimum atomic E-state index is -0.0415. The summed E-state index contributed by atoms with van der Waals surface area (Å²) >= 11 is 1.64. The molecule has 1 N–H and O–H groups in total. The highest BCUT2D eigenvalue weighted by Gasteiger charge is 2.19. The van der Waals surface area contributed by atoms with Gasteiger partial charge in [0.05, 0.1) is 19.8 Å². The van der Waals surface area contributed by atoms with Crippen LogP contribution in [0.3, 0.4) is 0 Å². The molecule has 1 aliphatic heterocycles. The summed E-state index contributed by atoms with van der Waals surface area (Å²) in [5.74, 6) is 0.843. The van der Waals surface area contributed by atoms with Crippen LogP contribution in [0.1, 0.15) is 32.8 Å². The quantitative estimate of drug-likeness (QED) is 0.916. The van der Waals surface area contributed by atoms with Crippen LogP contribution in [0.5, 0.6) is 5.75 Å². The molecule has 4 nitrogen and oxygen atoms in total. The van der Waals surface area contributed by atoms with E-state index in [1.54, 1.807) is 16.2 Å². The molecule has 1 amide bonds. The van der Waals surface area contributed by atoms with Gasteiger partial charge < -0.3 is 14.7 Å². The van der Waals surface area contributed by atoms with Crippen molar-refractivity contribution in [1.82, 2.24) is 4.90 Å². The molecule has 1 aromatic heterocycles. The molecular formula is C18H21NO3S. The molecule has 2 aromatic rings. The Morgan fingerprint density at radius 1 is 1.39 bits per heavy atom. The molecule has 23 heavy (non-hydrogen) atoms. The number of hydrogen-bond acceptors (Lipinski definition) is 4. The third-order valence-electron chi connectivity index (χ3n) is 4.12. The van der Waals surface area contributed by atoms with Crippen LogP contribution >= 0.6 is 11.3 Å². The second-order valence-electron chi connectivity index (χ2n) is 5.75. The molecule has 0 fully saturated rings. The van der Waals surface area contributed by atoms with Crippen LogP contribution in [0, 0.1) is 6.92 Å². The van der Waals surface area contributed by atoms with Crippen molar-refractivity contribution in [3.63, 3.8) is 0 Å². The Hall–Kier alpha value is -1.85. The second kappa shape index (κ2) is 7.15. The average Bonchev–Trinajstić information content (AvgIpc) is 2.98. The van der Waals surface area contributed by atoms with Gasteiger partial charge in [-0.05, 0) is 60.5 Å². The van der Waals surface area contributed by atoms with Crippen LogP contribution in [-0.2, 0) is 13.0 Å². The van der Waals surface area contributed by atoms with Crippen molar-refractivity contribution in [2.24, 2.45) is 0 Å². The third-order valence-corrected chi connectivity index (χ3v) is 5.12. The minimum Gasteiger partial charge on any atom is -0.493 e. The van der Waals surface area contributed by atoms with Crippen molar-refractivity contribution >= 4 is 17.2 Å². The molecule has 0 atom stereocenters. The summed E-state index contributed by atoms with van der Waals surface area (Å²) in [6.07, 6.45) is 1.93. The largest absolute Gasteiger partial charge is 0.493 e. The number of carbonyl (C=O) groups excluding carboxylic acids is 1. The Balaban J connectivity index is 1.81. The van der Waals surface area contributed by atoms with E-state index in [9.17, 15) is 9.90 Å². The van der Waals surface area contributed by atoms with Crippen molar-refractivity contribution in [2.75, 3.05) is 19.8 Å². The molecule has 3 rings (SSSR count). The standard InChI is InChI=1S/C18H21NO3S/c1-13-6-10-23-17(13)12-19(7-8-20)18(21)15-4-5-16-14(11-15)3-2-9-22-16/h4-6,10-11,20H,2-3,7-9,12H2,1H3. The molecule has 2 heterocycles. The summed E-state index contributed by atoms with van der Waals surface area (Å²) < 4.78 is 5.60. The highest BCUT2D eigenvalue weighted by atomic mass is 32.1. The summed E-state index contributed by atoms with van der Waals surface area (Å²) in [6.45, 7) is 3.63. The van der Waals surface area contributed by atoms with E-state index in [1.807, 2.05) is 30.5 Å². The minimum absolute atomic E-state index is 0.0375. The fourth-order valence-corrected chi connectivity index (χ4v) is 3.71. The van der Waals surface area contributed by atoms with Gasteiger partial charge in [-0.1, -0.05) is 0 Å². The maximum atomic E-state index is 12.8. The second-order valence-corrected chi connectivity index (χ2v) is 6.75. The molecular weight excluding hydrogens is 310 g/mol. The first-order valence-electron chi connectivity index (χ1n) is 7.88. The number of hydrogen-bond donors (Lipinski definition) is 1. The predicted octanol–water partition coefficient (Wildman–Crippen LogP) is 3.02. The van der Waals surface area contributed by atoms with E-state index < -0.39 is 0 Å². The summed E-state index contributed by atoms with van der Waals surface area (Å²) in [5, 5.41) is 11.3.